The monoisotopic (exact) mass is 366 g/mol. The first-order chi connectivity index (χ1) is 13.1. The van der Waals surface area contributed by atoms with Crippen LogP contribution in [0, 0.1) is 0 Å². The third-order valence-electron chi connectivity index (χ3n) is 5.28. The second-order valence-corrected chi connectivity index (χ2v) is 7.24. The van der Waals surface area contributed by atoms with Gasteiger partial charge in [0.05, 0.1) is 17.4 Å². The van der Waals surface area contributed by atoms with Gasteiger partial charge < -0.3 is 16.0 Å². The van der Waals surface area contributed by atoms with E-state index in [4.69, 9.17) is 5.73 Å². The minimum atomic E-state index is -0.0535. The topological polar surface area (TPSA) is 61.6 Å². The van der Waals surface area contributed by atoms with Crippen LogP contribution < -0.4 is 16.0 Å². The number of carbonyl (C=O) groups is 1. The minimum Gasteiger partial charge on any atom is -0.397 e. The van der Waals surface area contributed by atoms with Gasteiger partial charge >= 0.3 is 0 Å². The number of amides is 1. The zero-order chi connectivity index (χ0) is 19.2. The van der Waals surface area contributed by atoms with E-state index in [9.17, 15) is 4.79 Å². The number of anilines is 2. The van der Waals surface area contributed by atoms with Gasteiger partial charge in [-0.15, -0.1) is 0 Å². The van der Waals surface area contributed by atoms with Crippen LogP contribution in [-0.4, -0.2) is 44.0 Å². The van der Waals surface area contributed by atoms with Gasteiger partial charge in [0.15, 0.2) is 0 Å². The van der Waals surface area contributed by atoms with E-state index < -0.39 is 0 Å². The molecular weight excluding hydrogens is 336 g/mol. The van der Waals surface area contributed by atoms with Gasteiger partial charge in [-0.2, -0.15) is 0 Å². The first kappa shape index (κ1) is 19.2. The average molecular weight is 367 g/mol. The highest BCUT2D eigenvalue weighted by Crippen LogP contribution is 2.31. The molecule has 1 amide bonds. The van der Waals surface area contributed by atoms with Crippen molar-refractivity contribution in [1.29, 1.82) is 0 Å². The van der Waals surface area contributed by atoms with Crippen LogP contribution in [0.1, 0.15) is 41.7 Å². The second-order valence-electron chi connectivity index (χ2n) is 7.24. The lowest BCUT2D eigenvalue weighted by atomic mass is 10.0. The Morgan fingerprint density at radius 1 is 1.19 bits per heavy atom. The largest absolute Gasteiger partial charge is 0.397 e. The summed E-state index contributed by atoms with van der Waals surface area (Å²) in [6, 6.07) is 16.6. The van der Waals surface area contributed by atoms with Crippen LogP contribution in [0.5, 0.6) is 0 Å². The number of nitrogens with two attached hydrogens (primary N) is 1. The summed E-state index contributed by atoms with van der Waals surface area (Å²) in [6.45, 7) is 5.59. The predicted octanol–water partition coefficient (Wildman–Crippen LogP) is 3.29. The van der Waals surface area contributed by atoms with Gasteiger partial charge in [0.2, 0.25) is 0 Å². The first-order valence-corrected chi connectivity index (χ1v) is 9.78. The van der Waals surface area contributed by atoms with Crippen LogP contribution in [-0.2, 0) is 0 Å². The molecule has 5 nitrogen and oxygen atoms in total. The van der Waals surface area contributed by atoms with E-state index >= 15 is 0 Å². The Bertz CT molecular complexity index is 762. The van der Waals surface area contributed by atoms with E-state index in [2.05, 4.69) is 53.4 Å². The highest BCUT2D eigenvalue weighted by Gasteiger charge is 2.26. The van der Waals surface area contributed by atoms with E-state index in [0.29, 0.717) is 23.8 Å². The number of rotatable bonds is 6. The molecule has 1 heterocycles. The summed E-state index contributed by atoms with van der Waals surface area (Å²) in [4.78, 5) is 17.0. The van der Waals surface area contributed by atoms with Crippen molar-refractivity contribution in [2.75, 3.05) is 43.9 Å². The van der Waals surface area contributed by atoms with E-state index in [1.165, 1.54) is 5.56 Å². The minimum absolute atomic E-state index is 0.0535. The number of nitrogens with one attached hydrogen (secondary N) is 1. The number of hydrogen-bond donors (Lipinski definition) is 2. The molecule has 1 unspecified atom stereocenters. The van der Waals surface area contributed by atoms with Crippen LogP contribution in [0.25, 0.3) is 0 Å². The molecule has 1 saturated heterocycles. The van der Waals surface area contributed by atoms with Crippen molar-refractivity contribution in [3.05, 3.63) is 59.7 Å². The lowest BCUT2D eigenvalue weighted by molar-refractivity contribution is 0.0953. The fourth-order valence-electron chi connectivity index (χ4n) is 3.59. The number of nitrogen functional groups attached to an aromatic ring is 1. The molecule has 2 aromatic carbocycles. The number of piperazine rings is 1. The normalized spacial score (nSPS) is 17.7. The SMILES string of the molecule is CCCCNC(=O)c1ccc(N2CCN(C)C(c3ccccc3)C2)c(N)c1. The molecular formula is C22H30N4O. The Morgan fingerprint density at radius 2 is 1.96 bits per heavy atom. The smallest absolute Gasteiger partial charge is 0.251 e. The van der Waals surface area contributed by atoms with Crippen molar-refractivity contribution >= 4 is 17.3 Å². The lowest BCUT2D eigenvalue weighted by Crippen LogP contribution is -2.47. The number of nitrogens with zero attached hydrogens (tertiary/aromatic N) is 2. The van der Waals surface area contributed by atoms with Crippen LogP contribution in [0.2, 0.25) is 0 Å². The van der Waals surface area contributed by atoms with Gasteiger partial charge in [0, 0.05) is 31.7 Å². The van der Waals surface area contributed by atoms with E-state index in [0.717, 1.165) is 38.2 Å². The van der Waals surface area contributed by atoms with Gasteiger partial charge in [-0.3, -0.25) is 9.69 Å². The Kier molecular flexibility index (Phi) is 6.35. The summed E-state index contributed by atoms with van der Waals surface area (Å²) in [5.41, 5.74) is 9.94. The van der Waals surface area contributed by atoms with E-state index in [-0.39, 0.29) is 5.91 Å². The Morgan fingerprint density at radius 3 is 2.67 bits per heavy atom. The summed E-state index contributed by atoms with van der Waals surface area (Å²) in [6.07, 6.45) is 2.05. The number of hydrogen-bond acceptors (Lipinski definition) is 4. The Hall–Kier alpha value is -2.53. The molecule has 3 rings (SSSR count). The molecule has 0 spiro atoms. The molecule has 3 N–H and O–H groups in total. The van der Waals surface area contributed by atoms with Gasteiger partial charge in [-0.05, 0) is 37.2 Å². The van der Waals surface area contributed by atoms with Gasteiger partial charge in [0.25, 0.3) is 5.91 Å². The van der Waals surface area contributed by atoms with Crippen LogP contribution in [0.15, 0.2) is 48.5 Å². The van der Waals surface area contributed by atoms with Crippen molar-refractivity contribution in [1.82, 2.24) is 10.2 Å². The van der Waals surface area contributed by atoms with Crippen molar-refractivity contribution in [2.45, 2.75) is 25.8 Å². The Labute approximate surface area is 162 Å². The highest BCUT2D eigenvalue weighted by molar-refractivity contribution is 5.96. The number of unbranched alkanes of at least 4 members (excludes halogenated alkanes) is 1. The van der Waals surface area contributed by atoms with E-state index in [1.807, 2.05) is 18.2 Å². The fraction of sp³-hybridized carbons (Fsp3) is 0.409. The van der Waals surface area contributed by atoms with E-state index in [1.54, 1.807) is 6.07 Å². The molecule has 5 heteroatoms. The number of benzene rings is 2. The fourth-order valence-corrected chi connectivity index (χ4v) is 3.59. The average Bonchev–Trinajstić information content (AvgIpc) is 2.69. The highest BCUT2D eigenvalue weighted by atomic mass is 16.1. The number of likely N-dealkylation sites (N-methyl/N-ethyl adjacent to an activating group) is 1. The summed E-state index contributed by atoms with van der Waals surface area (Å²) in [5.74, 6) is -0.0535. The zero-order valence-electron chi connectivity index (χ0n) is 16.3. The van der Waals surface area contributed by atoms with Crippen molar-refractivity contribution in [2.24, 2.45) is 0 Å². The van der Waals surface area contributed by atoms with Crippen molar-refractivity contribution in [3.63, 3.8) is 0 Å². The maximum Gasteiger partial charge on any atom is 0.251 e. The molecule has 1 fully saturated rings. The summed E-state index contributed by atoms with van der Waals surface area (Å²) in [5, 5.41) is 2.95. The molecule has 0 radical (unpaired) electrons. The molecule has 0 bridgehead atoms. The molecule has 0 aromatic heterocycles. The molecule has 27 heavy (non-hydrogen) atoms. The third-order valence-corrected chi connectivity index (χ3v) is 5.28. The molecule has 0 saturated carbocycles. The van der Waals surface area contributed by atoms with Crippen LogP contribution in [0.4, 0.5) is 11.4 Å². The van der Waals surface area contributed by atoms with Crippen molar-refractivity contribution < 1.29 is 4.79 Å². The summed E-state index contributed by atoms with van der Waals surface area (Å²) in [7, 11) is 2.17. The van der Waals surface area contributed by atoms with Crippen LogP contribution in [0.3, 0.4) is 0 Å². The Balaban J connectivity index is 1.73. The quantitative estimate of drug-likeness (QED) is 0.608. The molecule has 1 atom stereocenters. The summed E-state index contributed by atoms with van der Waals surface area (Å²) >= 11 is 0. The standard InChI is InChI=1S/C22H30N4O/c1-3-4-12-24-22(27)18-10-11-20(19(23)15-18)26-14-13-25(2)21(16-26)17-8-6-5-7-9-17/h5-11,15,21H,3-4,12-14,16,23H2,1-2H3,(H,24,27). The zero-order valence-corrected chi connectivity index (χ0v) is 16.3. The third kappa shape index (κ3) is 4.61. The molecule has 1 aliphatic rings. The van der Waals surface area contributed by atoms with Crippen molar-refractivity contribution in [3.8, 4) is 0 Å². The first-order valence-electron chi connectivity index (χ1n) is 9.78. The number of carbonyl (C=O) groups excluding carboxylic acids is 1. The lowest BCUT2D eigenvalue weighted by Gasteiger charge is -2.41. The second kappa shape index (κ2) is 8.91. The maximum atomic E-state index is 12.3. The predicted molar refractivity (Wildman–Crippen MR) is 112 cm³/mol. The molecule has 0 aliphatic carbocycles. The van der Waals surface area contributed by atoms with Crippen LogP contribution >= 0.6 is 0 Å². The maximum absolute atomic E-state index is 12.3. The molecule has 1 aliphatic heterocycles. The van der Waals surface area contributed by atoms with Gasteiger partial charge in [-0.1, -0.05) is 43.7 Å². The molecule has 2 aromatic rings. The summed E-state index contributed by atoms with van der Waals surface area (Å²) < 4.78 is 0. The van der Waals surface area contributed by atoms with Gasteiger partial charge in [-0.25, -0.2) is 0 Å². The van der Waals surface area contributed by atoms with Gasteiger partial charge in [0.1, 0.15) is 0 Å². The molecule has 144 valence electrons.